The number of hydrogen-bond acceptors (Lipinski definition) is 0. The number of rotatable bonds is 1. The molecule has 0 unspecified atom stereocenters. The van der Waals surface area contributed by atoms with E-state index in [1.165, 1.54) is 0 Å². The Bertz CT molecular complexity index is 27.0. The molecule has 5 heavy (non-hydrogen) atoms. The van der Waals surface area contributed by atoms with E-state index < -0.39 is 0 Å². The summed E-state index contributed by atoms with van der Waals surface area (Å²) in [5.74, 6) is 0. The molecular formula is C5H9. The molecule has 0 fully saturated rings. The van der Waals surface area contributed by atoms with E-state index in [-0.39, 0.29) is 0 Å². The lowest BCUT2D eigenvalue weighted by atomic mass is 10.4. The van der Waals surface area contributed by atoms with Crippen molar-refractivity contribution < 1.29 is 0 Å². The molecule has 0 N–H and O–H groups in total. The minimum absolute atomic E-state index is 0.913. The van der Waals surface area contributed by atoms with Gasteiger partial charge in [0, 0.05) is 0 Å². The lowest BCUT2D eigenvalue weighted by molar-refractivity contribution is 1.39. The molecule has 1 radical (unpaired) electrons. The third-order valence-corrected chi connectivity index (χ3v) is 0.402. The van der Waals surface area contributed by atoms with Crippen molar-refractivity contribution in [2.45, 2.75) is 13.3 Å². The third-order valence-electron chi connectivity index (χ3n) is 0.402. The third kappa shape index (κ3) is 3.74. The maximum absolute atomic E-state index is 3.59. The first-order chi connectivity index (χ1) is 2.41. The van der Waals surface area contributed by atoms with Crippen molar-refractivity contribution in [2.75, 3.05) is 0 Å². The maximum Gasteiger partial charge on any atom is -0.0351 e. The molecule has 0 heterocycles. The molecule has 0 saturated heterocycles. The van der Waals surface area contributed by atoms with E-state index in [9.17, 15) is 0 Å². The van der Waals surface area contributed by atoms with Gasteiger partial charge in [-0.25, -0.2) is 0 Å². The second kappa shape index (κ2) is 3.74. The molecule has 0 rings (SSSR count). The van der Waals surface area contributed by atoms with E-state index in [2.05, 4.69) is 6.92 Å². The van der Waals surface area contributed by atoms with Crippen molar-refractivity contribution in [1.82, 2.24) is 0 Å². The molecule has 29 valence electrons. The van der Waals surface area contributed by atoms with Crippen molar-refractivity contribution in [3.63, 3.8) is 0 Å². The Labute approximate surface area is 33.5 Å². The van der Waals surface area contributed by atoms with Gasteiger partial charge in [0.05, 0.1) is 0 Å². The Morgan fingerprint density at radius 3 is 2.40 bits per heavy atom. The van der Waals surface area contributed by atoms with Crippen LogP contribution in [-0.4, -0.2) is 0 Å². The van der Waals surface area contributed by atoms with E-state index in [1.54, 1.807) is 0 Å². The molecule has 0 saturated carbocycles. The molecule has 0 aromatic rings. The summed E-state index contributed by atoms with van der Waals surface area (Å²) in [7, 11) is 0. The maximum atomic E-state index is 3.59. The Hall–Kier alpha value is -0.260. The monoisotopic (exact) mass is 69.1 g/mol. The van der Waals surface area contributed by atoms with E-state index in [0.29, 0.717) is 0 Å². The first kappa shape index (κ1) is 4.74. The fraction of sp³-hybridized carbons (Fsp3) is 0.400. The fourth-order valence-electron chi connectivity index (χ4n) is 0.167. The molecule has 0 atom stereocenters. The summed E-state index contributed by atoms with van der Waals surface area (Å²) in [5, 5.41) is 0. The topological polar surface area (TPSA) is 0 Å². The molecular weight excluding hydrogens is 60.1 g/mol. The van der Waals surface area contributed by atoms with Gasteiger partial charge in [-0.15, -0.1) is 0 Å². The van der Waals surface area contributed by atoms with Crippen molar-refractivity contribution in [3.8, 4) is 0 Å². The Balaban J connectivity index is 2.62. The first-order valence-electron chi connectivity index (χ1n) is 1.82. The highest BCUT2D eigenvalue weighted by Gasteiger charge is 1.52. The van der Waals surface area contributed by atoms with Crippen LogP contribution in [0.3, 0.4) is 0 Å². The summed E-state index contributed by atoms with van der Waals surface area (Å²) >= 11 is 0. The molecule has 0 aromatic heterocycles. The van der Waals surface area contributed by atoms with E-state index in [4.69, 9.17) is 0 Å². The van der Waals surface area contributed by atoms with Crippen LogP contribution in [0.1, 0.15) is 13.3 Å². The van der Waals surface area contributed by atoms with Crippen molar-refractivity contribution in [3.05, 3.63) is 19.1 Å². The lowest BCUT2D eigenvalue weighted by Crippen LogP contribution is -1.44. The zero-order chi connectivity index (χ0) is 4.12. The van der Waals surface area contributed by atoms with Gasteiger partial charge < -0.3 is 0 Å². The summed E-state index contributed by atoms with van der Waals surface area (Å²) in [6.45, 7) is 5.58. The highest BCUT2D eigenvalue weighted by Crippen LogP contribution is 1.72. The number of hydrogen-bond donors (Lipinski definition) is 0. The first-order valence-corrected chi connectivity index (χ1v) is 1.82. The van der Waals surface area contributed by atoms with Crippen LogP contribution in [0.25, 0.3) is 0 Å². The molecule has 0 aromatic carbocycles. The standard InChI is InChI=1S/C5H9/c1-3-5-4-2/h4-5H,1,3H2,2H3/b5-4+. The van der Waals surface area contributed by atoms with Crippen LogP contribution in [0.15, 0.2) is 12.2 Å². The average Bonchev–Trinajstić information content (AvgIpc) is 1.41. The molecule has 0 heteroatoms. The SMILES string of the molecule is [CH2]C/C=C/C. The molecule has 0 bridgehead atoms. The lowest BCUT2D eigenvalue weighted by Gasteiger charge is -1.64. The van der Waals surface area contributed by atoms with Crippen LogP contribution in [-0.2, 0) is 0 Å². The molecule has 0 nitrogen and oxygen atoms in total. The van der Waals surface area contributed by atoms with Crippen LogP contribution >= 0.6 is 0 Å². The van der Waals surface area contributed by atoms with Gasteiger partial charge in [-0.3, -0.25) is 0 Å². The molecule has 0 spiro atoms. The Kier molecular flexibility index (Phi) is 3.55. The van der Waals surface area contributed by atoms with Gasteiger partial charge in [0.1, 0.15) is 0 Å². The fourth-order valence-corrected chi connectivity index (χ4v) is 0.167. The minimum atomic E-state index is 0.913. The Morgan fingerprint density at radius 1 is 1.80 bits per heavy atom. The largest absolute Gasteiger partial charge is 0.0917 e. The summed E-state index contributed by atoms with van der Waals surface area (Å²) in [6.07, 6.45) is 4.92. The van der Waals surface area contributed by atoms with Crippen LogP contribution in [0.5, 0.6) is 0 Å². The van der Waals surface area contributed by atoms with Gasteiger partial charge in [0.2, 0.25) is 0 Å². The van der Waals surface area contributed by atoms with Crippen LogP contribution in [0, 0.1) is 6.92 Å². The molecule has 0 aliphatic carbocycles. The number of allylic oxidation sites excluding steroid dienone is 2. The van der Waals surface area contributed by atoms with Gasteiger partial charge in [-0.1, -0.05) is 12.2 Å². The minimum Gasteiger partial charge on any atom is -0.0917 e. The van der Waals surface area contributed by atoms with E-state index in [1.807, 2.05) is 19.1 Å². The summed E-state index contributed by atoms with van der Waals surface area (Å²) in [5.41, 5.74) is 0. The summed E-state index contributed by atoms with van der Waals surface area (Å²) in [4.78, 5) is 0. The molecule has 0 aliphatic heterocycles. The summed E-state index contributed by atoms with van der Waals surface area (Å²) in [6, 6.07) is 0. The Morgan fingerprint density at radius 2 is 2.40 bits per heavy atom. The molecule has 0 aliphatic rings. The van der Waals surface area contributed by atoms with Gasteiger partial charge >= 0.3 is 0 Å². The zero-order valence-corrected chi connectivity index (χ0v) is 3.57. The quantitative estimate of drug-likeness (QED) is 0.412. The van der Waals surface area contributed by atoms with Gasteiger partial charge in [0.15, 0.2) is 0 Å². The van der Waals surface area contributed by atoms with Gasteiger partial charge in [-0.2, -0.15) is 0 Å². The van der Waals surface area contributed by atoms with Crippen LogP contribution in [0.2, 0.25) is 0 Å². The second-order valence-electron chi connectivity index (χ2n) is 0.858. The predicted octanol–water partition coefficient (Wildman–Crippen LogP) is 1.79. The smallest absolute Gasteiger partial charge is 0.0351 e. The second-order valence-corrected chi connectivity index (χ2v) is 0.858. The zero-order valence-electron chi connectivity index (χ0n) is 3.57. The summed E-state index contributed by atoms with van der Waals surface area (Å²) < 4.78 is 0. The van der Waals surface area contributed by atoms with Gasteiger partial charge in [0.25, 0.3) is 0 Å². The highest BCUT2D eigenvalue weighted by atomic mass is 13.6. The van der Waals surface area contributed by atoms with E-state index in [0.717, 1.165) is 6.42 Å². The van der Waals surface area contributed by atoms with Crippen LogP contribution in [0.4, 0.5) is 0 Å². The van der Waals surface area contributed by atoms with Gasteiger partial charge in [-0.05, 0) is 20.3 Å². The predicted molar refractivity (Wildman–Crippen MR) is 24.8 cm³/mol. The van der Waals surface area contributed by atoms with Crippen molar-refractivity contribution in [1.29, 1.82) is 0 Å². The van der Waals surface area contributed by atoms with Crippen molar-refractivity contribution in [2.24, 2.45) is 0 Å². The normalized spacial score (nSPS) is 10.0. The van der Waals surface area contributed by atoms with E-state index >= 15 is 0 Å². The van der Waals surface area contributed by atoms with Crippen LogP contribution < -0.4 is 0 Å². The average molecular weight is 69.1 g/mol. The van der Waals surface area contributed by atoms with Crippen molar-refractivity contribution >= 4 is 0 Å². The molecule has 0 amide bonds. The highest BCUT2D eigenvalue weighted by molar-refractivity contribution is 4.76.